The number of para-hydroxylation sites is 1. The molecule has 1 aliphatic rings. The molecule has 0 saturated heterocycles. The van der Waals surface area contributed by atoms with E-state index in [9.17, 15) is 0 Å². The van der Waals surface area contributed by atoms with E-state index in [1.165, 1.54) is 41.0 Å². The summed E-state index contributed by atoms with van der Waals surface area (Å²) in [5, 5.41) is 0. The van der Waals surface area contributed by atoms with Crippen LogP contribution in [0.5, 0.6) is 0 Å². The summed E-state index contributed by atoms with van der Waals surface area (Å²) in [7, 11) is 0. The van der Waals surface area contributed by atoms with E-state index >= 15 is 0 Å². The molecule has 1 aromatic heterocycles. The number of aryl methyl sites for hydroxylation is 2. The van der Waals surface area contributed by atoms with Crippen LogP contribution in [0.25, 0.3) is 5.69 Å². The van der Waals surface area contributed by atoms with Crippen molar-refractivity contribution in [1.82, 2.24) is 9.55 Å². The van der Waals surface area contributed by atoms with Crippen molar-refractivity contribution in [2.75, 3.05) is 0 Å². The number of fused-ring (bicyclic) bond motifs is 1. The van der Waals surface area contributed by atoms with Crippen molar-refractivity contribution in [3.63, 3.8) is 0 Å². The number of aromatic nitrogens is 2. The fourth-order valence-electron chi connectivity index (χ4n) is 2.89. The van der Waals surface area contributed by atoms with Crippen LogP contribution in [-0.2, 0) is 19.4 Å². The maximum Gasteiger partial charge on any atom is 0.0997 e. The van der Waals surface area contributed by atoms with Crippen molar-refractivity contribution in [2.24, 2.45) is 5.73 Å². The van der Waals surface area contributed by atoms with Gasteiger partial charge in [-0.05, 0) is 43.7 Å². The molecular formula is C15H19N3. The zero-order valence-corrected chi connectivity index (χ0v) is 10.8. The molecule has 3 heteroatoms. The van der Waals surface area contributed by atoms with Crippen LogP contribution >= 0.6 is 0 Å². The molecule has 0 spiro atoms. The molecule has 3 rings (SSSR count). The monoisotopic (exact) mass is 241 g/mol. The minimum absolute atomic E-state index is 0.573. The van der Waals surface area contributed by atoms with Gasteiger partial charge in [0, 0.05) is 12.2 Å². The fraction of sp³-hybridized carbons (Fsp3) is 0.400. The van der Waals surface area contributed by atoms with Gasteiger partial charge in [-0.1, -0.05) is 18.2 Å². The van der Waals surface area contributed by atoms with Gasteiger partial charge in [0.25, 0.3) is 0 Å². The zero-order chi connectivity index (χ0) is 12.5. The minimum atomic E-state index is 0.573. The van der Waals surface area contributed by atoms with Gasteiger partial charge in [-0.15, -0.1) is 0 Å². The third kappa shape index (κ3) is 1.75. The van der Waals surface area contributed by atoms with Gasteiger partial charge in [0.15, 0.2) is 0 Å². The van der Waals surface area contributed by atoms with Crippen LogP contribution in [0.4, 0.5) is 0 Å². The molecular weight excluding hydrogens is 222 g/mol. The Morgan fingerprint density at radius 1 is 1.28 bits per heavy atom. The van der Waals surface area contributed by atoms with Crippen molar-refractivity contribution in [2.45, 2.75) is 39.2 Å². The van der Waals surface area contributed by atoms with Crippen molar-refractivity contribution in [1.29, 1.82) is 0 Å². The smallest absolute Gasteiger partial charge is 0.0997 e. The number of rotatable bonds is 2. The molecule has 0 unspecified atom stereocenters. The first-order chi connectivity index (χ1) is 8.81. The average molecular weight is 241 g/mol. The molecule has 1 aromatic carbocycles. The van der Waals surface area contributed by atoms with Crippen LogP contribution in [0.15, 0.2) is 24.5 Å². The lowest BCUT2D eigenvalue weighted by Crippen LogP contribution is -2.11. The highest BCUT2D eigenvalue weighted by Gasteiger charge is 2.18. The number of benzene rings is 1. The molecule has 2 N–H and O–H groups in total. The summed E-state index contributed by atoms with van der Waals surface area (Å²) >= 11 is 0. The normalized spacial score (nSPS) is 14.6. The molecule has 1 heterocycles. The van der Waals surface area contributed by atoms with Gasteiger partial charge in [0.1, 0.15) is 0 Å². The highest BCUT2D eigenvalue weighted by Crippen LogP contribution is 2.26. The summed E-state index contributed by atoms with van der Waals surface area (Å²) in [6.07, 6.45) is 6.75. The molecule has 0 amide bonds. The number of nitrogens with two attached hydrogens (primary N) is 1. The number of imidazole rings is 1. The molecule has 3 nitrogen and oxygen atoms in total. The van der Waals surface area contributed by atoms with Gasteiger partial charge in [-0.25, -0.2) is 4.98 Å². The molecule has 0 bridgehead atoms. The summed E-state index contributed by atoms with van der Waals surface area (Å²) in [5.41, 5.74) is 12.2. The van der Waals surface area contributed by atoms with E-state index in [-0.39, 0.29) is 0 Å². The van der Waals surface area contributed by atoms with Crippen molar-refractivity contribution >= 4 is 0 Å². The Balaban J connectivity index is 2.18. The van der Waals surface area contributed by atoms with Crippen molar-refractivity contribution in [3.8, 4) is 5.69 Å². The Labute approximate surface area is 108 Å². The Bertz CT molecular complexity index is 569. The van der Waals surface area contributed by atoms with Crippen LogP contribution in [0.3, 0.4) is 0 Å². The summed E-state index contributed by atoms with van der Waals surface area (Å²) in [6.45, 7) is 2.72. The zero-order valence-electron chi connectivity index (χ0n) is 10.8. The third-order valence-electron chi connectivity index (χ3n) is 3.81. The van der Waals surface area contributed by atoms with E-state index in [1.807, 2.05) is 6.33 Å². The molecule has 94 valence electrons. The fourth-order valence-corrected chi connectivity index (χ4v) is 2.89. The first-order valence-corrected chi connectivity index (χ1v) is 6.65. The van der Waals surface area contributed by atoms with Crippen LogP contribution in [0.1, 0.15) is 35.4 Å². The summed E-state index contributed by atoms with van der Waals surface area (Å²) in [4.78, 5) is 4.57. The lowest BCUT2D eigenvalue weighted by molar-refractivity contribution is 0.655. The predicted molar refractivity (Wildman–Crippen MR) is 72.8 cm³/mol. The largest absolute Gasteiger partial charge is 0.326 e. The van der Waals surface area contributed by atoms with Crippen molar-refractivity contribution < 1.29 is 0 Å². The van der Waals surface area contributed by atoms with Gasteiger partial charge in [0.2, 0.25) is 0 Å². The van der Waals surface area contributed by atoms with E-state index in [4.69, 9.17) is 5.73 Å². The molecule has 18 heavy (non-hydrogen) atoms. The van der Waals surface area contributed by atoms with Gasteiger partial charge >= 0.3 is 0 Å². The third-order valence-corrected chi connectivity index (χ3v) is 3.81. The summed E-state index contributed by atoms with van der Waals surface area (Å²) < 4.78 is 2.26. The Kier molecular flexibility index (Phi) is 2.92. The first-order valence-electron chi connectivity index (χ1n) is 6.65. The van der Waals surface area contributed by atoms with Gasteiger partial charge in [-0.3, -0.25) is 0 Å². The molecule has 1 aliphatic carbocycles. The Morgan fingerprint density at radius 2 is 2.11 bits per heavy atom. The van der Waals surface area contributed by atoms with Crippen LogP contribution in [0, 0.1) is 6.92 Å². The van der Waals surface area contributed by atoms with Crippen LogP contribution in [0.2, 0.25) is 0 Å². The molecule has 0 saturated carbocycles. The van der Waals surface area contributed by atoms with E-state index < -0.39 is 0 Å². The highest BCUT2D eigenvalue weighted by molar-refractivity contribution is 5.49. The molecule has 0 radical (unpaired) electrons. The SMILES string of the molecule is Cc1cccc(CN)c1-n1cnc2c1CCCC2. The highest BCUT2D eigenvalue weighted by atomic mass is 15.1. The molecule has 2 aromatic rings. The molecule has 0 fully saturated rings. The number of nitrogens with zero attached hydrogens (tertiary/aromatic N) is 2. The first kappa shape index (κ1) is 11.5. The Hall–Kier alpha value is -1.61. The predicted octanol–water partition coefficient (Wildman–Crippen LogP) is 2.52. The quantitative estimate of drug-likeness (QED) is 0.878. The summed E-state index contributed by atoms with van der Waals surface area (Å²) in [5.74, 6) is 0. The topological polar surface area (TPSA) is 43.8 Å². The van der Waals surface area contributed by atoms with E-state index in [2.05, 4.69) is 34.7 Å². The average Bonchev–Trinajstić information content (AvgIpc) is 2.82. The van der Waals surface area contributed by atoms with Crippen molar-refractivity contribution in [3.05, 3.63) is 47.0 Å². The lowest BCUT2D eigenvalue weighted by atomic mass is 10.00. The lowest BCUT2D eigenvalue weighted by Gasteiger charge is -2.18. The number of hydrogen-bond donors (Lipinski definition) is 1. The summed E-state index contributed by atoms with van der Waals surface area (Å²) in [6, 6.07) is 6.33. The molecule has 0 aliphatic heterocycles. The van der Waals surface area contributed by atoms with E-state index in [0.29, 0.717) is 6.54 Å². The second kappa shape index (κ2) is 4.58. The Morgan fingerprint density at radius 3 is 2.94 bits per heavy atom. The van der Waals surface area contributed by atoms with Gasteiger partial charge in [0.05, 0.1) is 17.7 Å². The van der Waals surface area contributed by atoms with Gasteiger partial charge < -0.3 is 10.3 Å². The second-order valence-corrected chi connectivity index (χ2v) is 5.00. The number of hydrogen-bond acceptors (Lipinski definition) is 2. The van der Waals surface area contributed by atoms with E-state index in [1.54, 1.807) is 0 Å². The second-order valence-electron chi connectivity index (χ2n) is 5.00. The maximum atomic E-state index is 5.87. The van der Waals surface area contributed by atoms with E-state index in [0.717, 1.165) is 12.8 Å². The van der Waals surface area contributed by atoms with Gasteiger partial charge in [-0.2, -0.15) is 0 Å². The standard InChI is InChI=1S/C15H19N3/c1-11-5-4-6-12(9-16)15(11)18-10-17-13-7-2-3-8-14(13)18/h4-6,10H,2-3,7-9,16H2,1H3. The van der Waals surface area contributed by atoms with Crippen LogP contribution < -0.4 is 5.73 Å². The maximum absolute atomic E-state index is 5.87. The minimum Gasteiger partial charge on any atom is -0.326 e. The van der Waals surface area contributed by atoms with Crippen LogP contribution in [-0.4, -0.2) is 9.55 Å². The molecule has 0 atom stereocenters.